The zero-order chi connectivity index (χ0) is 41.7. The molecule has 0 spiro atoms. The van der Waals surface area contributed by atoms with Gasteiger partial charge in [-0.2, -0.15) is 21.0 Å². The molecule has 4 heteroatoms. The summed E-state index contributed by atoms with van der Waals surface area (Å²) in [5, 5.41) is 5.91. The molecule has 59 heavy (non-hydrogen) atoms. The molecule has 1 aliphatic carbocycles. The molecule has 6 aromatic carbocycles. The first-order chi connectivity index (χ1) is 28.0. The van der Waals surface area contributed by atoms with Gasteiger partial charge in [-0.3, -0.25) is 0 Å². The van der Waals surface area contributed by atoms with Crippen LogP contribution in [0.15, 0.2) is 109 Å². The van der Waals surface area contributed by atoms with E-state index in [-0.39, 0.29) is 31.8 Å². The highest BCUT2D eigenvalue weighted by Crippen LogP contribution is 2.50. The first kappa shape index (κ1) is 41.6. The van der Waals surface area contributed by atoms with E-state index in [1.807, 2.05) is 0 Å². The number of ether oxygens (including phenoxy) is 2. The van der Waals surface area contributed by atoms with E-state index in [2.05, 4.69) is 165 Å². The van der Waals surface area contributed by atoms with Gasteiger partial charge in [-0.25, -0.2) is 0 Å². The van der Waals surface area contributed by atoms with E-state index in [9.17, 15) is 0 Å². The molecule has 0 saturated heterocycles. The lowest BCUT2D eigenvalue weighted by molar-refractivity contribution is -0.0811. The van der Waals surface area contributed by atoms with Crippen LogP contribution >= 0.6 is 21.0 Å². The maximum Gasteiger partial charge on any atom is 0.245 e. The molecule has 308 valence electrons. The second-order valence-electron chi connectivity index (χ2n) is 19.7. The lowest BCUT2D eigenvalue weighted by Gasteiger charge is -2.34. The minimum atomic E-state index is -1.03. The third-order valence-corrected chi connectivity index (χ3v) is 16.9. The van der Waals surface area contributed by atoms with Crippen molar-refractivity contribution in [2.24, 2.45) is 0 Å². The molecule has 1 fully saturated rings. The van der Waals surface area contributed by atoms with Crippen molar-refractivity contribution >= 4 is 54.3 Å². The van der Waals surface area contributed by atoms with Gasteiger partial charge < -0.3 is 9.47 Å². The first-order valence-electron chi connectivity index (χ1n) is 21.7. The summed E-state index contributed by atoms with van der Waals surface area (Å²) in [7, 11) is -0.297. The molecule has 8 rings (SSSR count). The third-order valence-electron chi connectivity index (χ3n) is 12.6. The Balaban J connectivity index is 1.39. The number of hydrogen-bond acceptors (Lipinski definition) is 2. The van der Waals surface area contributed by atoms with Crippen LogP contribution in [0.2, 0.25) is 0 Å². The van der Waals surface area contributed by atoms with Crippen molar-refractivity contribution in [2.45, 2.75) is 133 Å². The summed E-state index contributed by atoms with van der Waals surface area (Å²) >= 11 is 0. The average Bonchev–Trinajstić information content (AvgIpc) is 3.17. The van der Waals surface area contributed by atoms with E-state index in [1.54, 1.807) is 0 Å². The van der Waals surface area contributed by atoms with Crippen LogP contribution in [0.5, 0.6) is 11.5 Å². The molecule has 2 nitrogen and oxygen atoms in total. The molecule has 2 aliphatic rings. The molecule has 0 bridgehead atoms. The monoisotopic (exact) mass is 820 g/mol. The standard InChI is InChI=1S/C55H64O2S2/c1-53(2,3)45-31-43-35-58(9)49-23-13-11-12-14-24-50(49)59(10)36-44-32-46(54(4,5)6)34-48(42-28-26-38-20-16-18-22-40(38)30-42)52(44)57-55(7,8)56-51(43)47(33-45)41-27-25-37-19-15-17-21-39(37)29-41/h15-22,25-34,49-50H,9-14,23-24,35-36H2,1-8H3. The van der Waals surface area contributed by atoms with E-state index in [1.165, 1.54) is 82.3 Å². The molecule has 4 atom stereocenters. The van der Waals surface area contributed by atoms with Crippen molar-refractivity contribution in [1.29, 1.82) is 0 Å². The second kappa shape index (κ2) is 16.4. The molecule has 1 saturated carbocycles. The van der Waals surface area contributed by atoms with E-state index >= 15 is 0 Å². The number of hydrogen-bond donors (Lipinski definition) is 0. The Labute approximate surface area is 359 Å². The molecule has 1 aliphatic heterocycles. The highest BCUT2D eigenvalue weighted by Gasteiger charge is 2.34. The van der Waals surface area contributed by atoms with Crippen LogP contribution in [0.25, 0.3) is 43.8 Å². The van der Waals surface area contributed by atoms with Gasteiger partial charge in [0.25, 0.3) is 0 Å². The van der Waals surface area contributed by atoms with Crippen LogP contribution in [-0.4, -0.2) is 28.0 Å². The van der Waals surface area contributed by atoms with Crippen molar-refractivity contribution in [3.63, 3.8) is 0 Å². The molecule has 4 unspecified atom stereocenters. The predicted octanol–water partition coefficient (Wildman–Crippen LogP) is 15.6. The number of rotatable bonds is 2. The Morgan fingerprint density at radius 2 is 0.898 bits per heavy atom. The van der Waals surface area contributed by atoms with E-state index in [4.69, 9.17) is 21.2 Å². The Hall–Kier alpha value is -4.12. The number of benzene rings is 6. The van der Waals surface area contributed by atoms with Crippen LogP contribution in [0, 0.1) is 0 Å². The lowest BCUT2D eigenvalue weighted by atomic mass is 9.83. The van der Waals surface area contributed by atoms with Gasteiger partial charge >= 0.3 is 0 Å². The third kappa shape index (κ3) is 9.01. The van der Waals surface area contributed by atoms with Gasteiger partial charge in [-0.1, -0.05) is 164 Å². The summed E-state index contributed by atoms with van der Waals surface area (Å²) < 4.78 is 14.9. The van der Waals surface area contributed by atoms with Crippen molar-refractivity contribution < 1.29 is 9.47 Å². The van der Waals surface area contributed by atoms with Gasteiger partial charge in [0.15, 0.2) is 0 Å². The molecular formula is C55H64O2S2. The zero-order valence-electron chi connectivity index (χ0n) is 36.8. The van der Waals surface area contributed by atoms with Crippen LogP contribution in [-0.2, 0) is 22.3 Å². The van der Waals surface area contributed by atoms with Crippen LogP contribution in [0.4, 0.5) is 0 Å². The van der Waals surface area contributed by atoms with Crippen molar-refractivity contribution in [1.82, 2.24) is 0 Å². The SMILES string of the molecule is C=S1Cc2cc(C(C)(C)C)cc(-c3ccc4ccccc4c3)c2OC(C)(C)Oc2c(cc(C(C)(C)C)cc2-c2ccc3ccccc3c2)CS(=C)C2CCCCCCC21. The van der Waals surface area contributed by atoms with Gasteiger partial charge in [0, 0.05) is 58.1 Å². The molecular weight excluding hydrogens is 757 g/mol. The normalized spacial score (nSPS) is 21.6. The molecule has 0 N–H and O–H groups in total. The van der Waals surface area contributed by atoms with E-state index < -0.39 is 5.79 Å². The van der Waals surface area contributed by atoms with Gasteiger partial charge in [-0.15, -0.1) is 0 Å². The average molecular weight is 821 g/mol. The van der Waals surface area contributed by atoms with Crippen LogP contribution < -0.4 is 9.47 Å². The summed E-state index contributed by atoms with van der Waals surface area (Å²) in [5.41, 5.74) is 9.52. The molecule has 0 amide bonds. The highest BCUT2D eigenvalue weighted by molar-refractivity contribution is 8.17. The maximum absolute atomic E-state index is 7.47. The smallest absolute Gasteiger partial charge is 0.245 e. The molecule has 0 aromatic heterocycles. The molecule has 0 radical (unpaired) electrons. The summed E-state index contributed by atoms with van der Waals surface area (Å²) in [6.07, 6.45) is 7.56. The van der Waals surface area contributed by atoms with Gasteiger partial charge in [0.2, 0.25) is 5.79 Å². The highest BCUT2D eigenvalue weighted by atomic mass is 32.2. The number of fused-ring (bicyclic) bond motifs is 5. The van der Waals surface area contributed by atoms with Crippen molar-refractivity contribution in [3.8, 4) is 33.8 Å². The summed E-state index contributed by atoms with van der Waals surface area (Å²) in [4.78, 5) is 0. The summed E-state index contributed by atoms with van der Waals surface area (Å²) in [6, 6.07) is 40.7. The Morgan fingerprint density at radius 3 is 1.29 bits per heavy atom. The summed E-state index contributed by atoms with van der Waals surface area (Å²) in [6.45, 7) is 18.2. The molecule has 6 aromatic rings. The van der Waals surface area contributed by atoms with Gasteiger partial charge in [-0.05, 0) is 91.7 Å². The Bertz CT molecular complexity index is 2390. The largest absolute Gasteiger partial charge is 0.452 e. The zero-order valence-corrected chi connectivity index (χ0v) is 38.4. The van der Waals surface area contributed by atoms with Crippen LogP contribution in [0.3, 0.4) is 0 Å². The van der Waals surface area contributed by atoms with Crippen molar-refractivity contribution in [3.05, 3.63) is 131 Å². The predicted molar refractivity (Wildman–Crippen MR) is 264 cm³/mol. The minimum Gasteiger partial charge on any atom is -0.452 e. The van der Waals surface area contributed by atoms with Crippen LogP contribution in [0.1, 0.15) is 116 Å². The maximum atomic E-state index is 7.47. The van der Waals surface area contributed by atoms with Crippen molar-refractivity contribution in [2.75, 3.05) is 0 Å². The molecule has 1 heterocycles. The van der Waals surface area contributed by atoms with Gasteiger partial charge in [0.1, 0.15) is 11.5 Å². The summed E-state index contributed by atoms with van der Waals surface area (Å²) in [5.74, 6) is 12.7. The van der Waals surface area contributed by atoms with E-state index in [0.717, 1.165) is 45.3 Å². The minimum absolute atomic E-state index is 0.0609. The quantitative estimate of drug-likeness (QED) is 0.162. The van der Waals surface area contributed by atoms with Gasteiger partial charge in [0.05, 0.1) is 0 Å². The Kier molecular flexibility index (Phi) is 11.6. The Morgan fingerprint density at radius 1 is 0.508 bits per heavy atom. The van der Waals surface area contributed by atoms with E-state index in [0.29, 0.717) is 10.5 Å². The lowest BCUT2D eigenvalue weighted by Crippen LogP contribution is -2.36. The fraction of sp³-hybridized carbons (Fsp3) is 0.382. The topological polar surface area (TPSA) is 18.5 Å². The first-order valence-corrected chi connectivity index (χ1v) is 25.0. The fourth-order valence-corrected chi connectivity index (χ4v) is 13.9. The second-order valence-corrected chi connectivity index (χ2v) is 23.6. The fourth-order valence-electron chi connectivity index (χ4n) is 9.15.